The van der Waals surface area contributed by atoms with Gasteiger partial charge in [0.2, 0.25) is 5.96 Å². The van der Waals surface area contributed by atoms with E-state index in [0.29, 0.717) is 11.7 Å². The molecule has 132 valence electrons. The average Bonchev–Trinajstić information content (AvgIpc) is 3.33. The van der Waals surface area contributed by atoms with Gasteiger partial charge in [0.05, 0.1) is 31.0 Å². The maximum absolute atomic E-state index is 12.3. The highest BCUT2D eigenvalue weighted by Gasteiger charge is 2.20. The van der Waals surface area contributed by atoms with E-state index in [0.717, 1.165) is 36.7 Å². The predicted molar refractivity (Wildman–Crippen MR) is 111 cm³/mol. The Hall–Kier alpha value is -3.10. The summed E-state index contributed by atoms with van der Waals surface area (Å²) >= 11 is 3.21. The molecule has 2 N–H and O–H groups in total. The minimum atomic E-state index is -0.225. The SMILES string of the molecule is Cc1nc2ccc(NC3=N/C(=C\c4ccc5ncsc5c4)C(=O)N3)cc2s1. The van der Waals surface area contributed by atoms with Crippen LogP contribution in [0.25, 0.3) is 26.5 Å². The summed E-state index contributed by atoms with van der Waals surface area (Å²) in [6.45, 7) is 1.99. The Bertz CT molecular complexity index is 1270. The van der Waals surface area contributed by atoms with Crippen LogP contribution in [0.1, 0.15) is 10.6 Å². The van der Waals surface area contributed by atoms with Crippen LogP contribution in [0, 0.1) is 6.92 Å². The van der Waals surface area contributed by atoms with E-state index in [1.54, 1.807) is 28.7 Å². The molecule has 1 aliphatic rings. The first-order valence-electron chi connectivity index (χ1n) is 8.23. The van der Waals surface area contributed by atoms with Crippen molar-refractivity contribution in [2.75, 3.05) is 5.32 Å². The van der Waals surface area contributed by atoms with Gasteiger partial charge in [-0.15, -0.1) is 22.7 Å². The van der Waals surface area contributed by atoms with Crippen molar-refractivity contribution in [3.8, 4) is 0 Å². The van der Waals surface area contributed by atoms with E-state index in [2.05, 4.69) is 25.6 Å². The molecule has 0 saturated carbocycles. The molecular weight excluding hydrogens is 378 g/mol. The lowest BCUT2D eigenvalue weighted by atomic mass is 10.2. The zero-order chi connectivity index (χ0) is 18.4. The van der Waals surface area contributed by atoms with Gasteiger partial charge in [0.15, 0.2) is 0 Å². The van der Waals surface area contributed by atoms with Crippen molar-refractivity contribution in [2.24, 2.45) is 4.99 Å². The van der Waals surface area contributed by atoms with Gasteiger partial charge in [-0.1, -0.05) is 6.07 Å². The molecule has 0 aliphatic carbocycles. The van der Waals surface area contributed by atoms with Gasteiger partial charge in [-0.25, -0.2) is 15.0 Å². The van der Waals surface area contributed by atoms with Gasteiger partial charge < -0.3 is 5.32 Å². The minimum absolute atomic E-state index is 0.225. The van der Waals surface area contributed by atoms with Gasteiger partial charge in [-0.2, -0.15) is 0 Å². The first-order valence-corrected chi connectivity index (χ1v) is 9.93. The van der Waals surface area contributed by atoms with Crippen LogP contribution in [-0.2, 0) is 4.79 Å². The number of benzene rings is 2. The zero-order valence-corrected chi connectivity index (χ0v) is 15.8. The van der Waals surface area contributed by atoms with Crippen molar-refractivity contribution in [3.05, 3.63) is 58.2 Å². The molecule has 1 aliphatic heterocycles. The van der Waals surface area contributed by atoms with E-state index < -0.39 is 0 Å². The molecule has 0 bridgehead atoms. The average molecular weight is 391 g/mol. The molecule has 0 spiro atoms. The summed E-state index contributed by atoms with van der Waals surface area (Å²) in [6.07, 6.45) is 1.78. The van der Waals surface area contributed by atoms with Crippen molar-refractivity contribution in [1.29, 1.82) is 0 Å². The second-order valence-electron chi connectivity index (χ2n) is 6.06. The van der Waals surface area contributed by atoms with Gasteiger partial charge in [-0.3, -0.25) is 10.1 Å². The van der Waals surface area contributed by atoms with Gasteiger partial charge in [0.1, 0.15) is 5.70 Å². The third-order valence-electron chi connectivity index (χ3n) is 4.11. The van der Waals surface area contributed by atoms with Gasteiger partial charge >= 0.3 is 0 Å². The molecule has 2 aromatic heterocycles. The number of carbonyl (C=O) groups is 1. The third kappa shape index (κ3) is 3.09. The lowest BCUT2D eigenvalue weighted by Crippen LogP contribution is -2.29. The quantitative estimate of drug-likeness (QED) is 0.503. The molecule has 0 saturated heterocycles. The van der Waals surface area contributed by atoms with Gasteiger partial charge in [-0.05, 0) is 48.9 Å². The molecular formula is C19H13N5OS2. The second kappa shape index (κ2) is 6.26. The highest BCUT2D eigenvalue weighted by molar-refractivity contribution is 7.18. The standard InChI is InChI=1S/C19H13N5OS2/c1-10-21-14-5-3-12(8-17(14)27-10)22-19-23-15(18(25)24-19)6-11-2-4-13-16(7-11)26-9-20-13/h2-9H,1H3,(H2,22,23,24,25)/b15-6-. The maximum atomic E-state index is 12.3. The Morgan fingerprint density at radius 1 is 1.11 bits per heavy atom. The smallest absolute Gasteiger partial charge is 0.276 e. The number of amides is 1. The van der Waals surface area contributed by atoms with E-state index >= 15 is 0 Å². The van der Waals surface area contributed by atoms with Crippen LogP contribution in [0.4, 0.5) is 5.69 Å². The summed E-state index contributed by atoms with van der Waals surface area (Å²) < 4.78 is 2.18. The molecule has 4 aromatic rings. The van der Waals surface area contributed by atoms with Crippen LogP contribution >= 0.6 is 22.7 Å². The monoisotopic (exact) mass is 391 g/mol. The van der Waals surface area contributed by atoms with Crippen molar-refractivity contribution in [2.45, 2.75) is 6.92 Å². The van der Waals surface area contributed by atoms with Crippen LogP contribution in [0.3, 0.4) is 0 Å². The number of hydrogen-bond acceptors (Lipinski definition) is 7. The fourth-order valence-electron chi connectivity index (χ4n) is 2.90. The number of aromatic nitrogens is 2. The van der Waals surface area contributed by atoms with Crippen molar-refractivity contribution < 1.29 is 4.79 Å². The number of anilines is 1. The van der Waals surface area contributed by atoms with Crippen molar-refractivity contribution in [1.82, 2.24) is 15.3 Å². The number of guanidine groups is 1. The molecule has 5 rings (SSSR count). The molecule has 0 radical (unpaired) electrons. The maximum Gasteiger partial charge on any atom is 0.276 e. The topological polar surface area (TPSA) is 79.3 Å². The fourth-order valence-corrected chi connectivity index (χ4v) is 4.49. The normalized spacial score (nSPS) is 15.5. The number of carbonyl (C=O) groups excluding carboxylic acids is 1. The highest BCUT2D eigenvalue weighted by atomic mass is 32.1. The summed E-state index contributed by atoms with van der Waals surface area (Å²) in [5.41, 5.74) is 5.89. The number of rotatable bonds is 2. The Kier molecular flexibility index (Phi) is 3.73. The largest absolute Gasteiger partial charge is 0.326 e. The Labute approximate surface area is 162 Å². The molecule has 0 atom stereocenters. The van der Waals surface area contributed by atoms with Gasteiger partial charge in [0.25, 0.3) is 5.91 Å². The van der Waals surface area contributed by atoms with E-state index in [1.165, 1.54) is 0 Å². The number of thiazole rings is 2. The Morgan fingerprint density at radius 2 is 2.00 bits per heavy atom. The summed E-state index contributed by atoms with van der Waals surface area (Å²) in [6, 6.07) is 11.8. The lowest BCUT2D eigenvalue weighted by molar-refractivity contribution is -0.115. The van der Waals surface area contributed by atoms with E-state index in [4.69, 9.17) is 0 Å². The molecule has 0 unspecified atom stereocenters. The summed E-state index contributed by atoms with van der Waals surface area (Å²) in [5.74, 6) is 0.197. The number of aryl methyl sites for hydroxylation is 1. The van der Waals surface area contributed by atoms with Gasteiger partial charge in [0, 0.05) is 5.69 Å². The molecule has 1 amide bonds. The molecule has 0 fully saturated rings. The van der Waals surface area contributed by atoms with E-state index in [-0.39, 0.29) is 5.91 Å². The summed E-state index contributed by atoms with van der Waals surface area (Å²) in [5, 5.41) is 6.95. The van der Waals surface area contributed by atoms with Crippen LogP contribution in [0.15, 0.2) is 52.6 Å². The Morgan fingerprint density at radius 3 is 2.93 bits per heavy atom. The molecule has 6 nitrogen and oxygen atoms in total. The predicted octanol–water partition coefficient (Wildman–Crippen LogP) is 4.15. The van der Waals surface area contributed by atoms with Crippen LogP contribution in [-0.4, -0.2) is 21.8 Å². The summed E-state index contributed by atoms with van der Waals surface area (Å²) in [4.78, 5) is 25.4. The van der Waals surface area contributed by atoms with E-state index in [9.17, 15) is 4.79 Å². The van der Waals surface area contributed by atoms with Crippen molar-refractivity contribution >= 4 is 66.7 Å². The number of nitrogens with one attached hydrogen (secondary N) is 2. The first kappa shape index (κ1) is 16.1. The van der Waals surface area contributed by atoms with Crippen molar-refractivity contribution in [3.63, 3.8) is 0 Å². The number of aliphatic imine (C=N–C) groups is 1. The molecule has 2 aromatic carbocycles. The zero-order valence-electron chi connectivity index (χ0n) is 14.2. The molecule has 3 heterocycles. The summed E-state index contributed by atoms with van der Waals surface area (Å²) in [7, 11) is 0. The minimum Gasteiger partial charge on any atom is -0.326 e. The van der Waals surface area contributed by atoms with Crippen LogP contribution in [0.5, 0.6) is 0 Å². The Balaban J connectivity index is 1.42. The number of fused-ring (bicyclic) bond motifs is 2. The number of nitrogens with zero attached hydrogens (tertiary/aromatic N) is 3. The van der Waals surface area contributed by atoms with Crippen LogP contribution in [0.2, 0.25) is 0 Å². The molecule has 8 heteroatoms. The second-order valence-corrected chi connectivity index (χ2v) is 8.19. The fraction of sp³-hybridized carbons (Fsp3) is 0.0526. The van der Waals surface area contributed by atoms with E-state index in [1.807, 2.05) is 48.8 Å². The van der Waals surface area contributed by atoms with Crippen LogP contribution < -0.4 is 10.6 Å². The first-order chi connectivity index (χ1) is 13.1. The lowest BCUT2D eigenvalue weighted by Gasteiger charge is -2.04. The number of hydrogen-bond donors (Lipinski definition) is 2. The molecule has 27 heavy (non-hydrogen) atoms. The third-order valence-corrected chi connectivity index (χ3v) is 5.84. The highest BCUT2D eigenvalue weighted by Crippen LogP contribution is 2.25.